The lowest BCUT2D eigenvalue weighted by molar-refractivity contribution is -0.115. The second-order valence-electron chi connectivity index (χ2n) is 9.16. The third kappa shape index (κ3) is 6.22. The standard InChI is InChI=1S/C29H28N4O7S/c1-37-22-8-5-17(11-23(22)38-2)9-10-31-27(35)19-6-3-18(4-7-19)14-33-28(36)20-12-24-25(40-16-39-24)13-21(20)32-29(33)41-15-26(30)34/h3-8,11-13H,9-10,14-16H2,1-2H3,(H2,30,34)(H,31,35). The molecule has 0 saturated heterocycles. The number of primary amides is 1. The highest BCUT2D eigenvalue weighted by molar-refractivity contribution is 7.99. The molecule has 1 aromatic heterocycles. The zero-order valence-corrected chi connectivity index (χ0v) is 23.3. The summed E-state index contributed by atoms with van der Waals surface area (Å²) in [6.07, 6.45) is 0.619. The van der Waals surface area contributed by atoms with Gasteiger partial charge in [-0.15, -0.1) is 0 Å². The summed E-state index contributed by atoms with van der Waals surface area (Å²) in [4.78, 5) is 42.3. The summed E-state index contributed by atoms with van der Waals surface area (Å²) in [6.45, 7) is 0.685. The molecule has 4 aromatic rings. The smallest absolute Gasteiger partial charge is 0.262 e. The van der Waals surface area contributed by atoms with Crippen molar-refractivity contribution in [1.82, 2.24) is 14.9 Å². The molecule has 0 saturated carbocycles. The van der Waals surface area contributed by atoms with Crippen molar-refractivity contribution in [2.45, 2.75) is 18.1 Å². The van der Waals surface area contributed by atoms with Gasteiger partial charge in [-0.25, -0.2) is 4.98 Å². The van der Waals surface area contributed by atoms with Crippen molar-refractivity contribution >= 4 is 34.5 Å². The van der Waals surface area contributed by atoms with E-state index in [0.717, 1.165) is 22.9 Å². The van der Waals surface area contributed by atoms with Crippen molar-refractivity contribution in [3.05, 3.63) is 81.6 Å². The molecule has 1 aliphatic rings. The van der Waals surface area contributed by atoms with Crippen molar-refractivity contribution in [3.63, 3.8) is 0 Å². The van der Waals surface area contributed by atoms with Crippen LogP contribution >= 0.6 is 11.8 Å². The maximum Gasteiger partial charge on any atom is 0.262 e. The molecule has 11 nitrogen and oxygen atoms in total. The molecule has 0 aliphatic carbocycles. The Bertz CT molecular complexity index is 1670. The largest absolute Gasteiger partial charge is 0.493 e. The Balaban J connectivity index is 1.30. The Morgan fingerprint density at radius 2 is 1.71 bits per heavy atom. The number of rotatable bonds is 11. The number of ether oxygens (including phenoxy) is 4. The SMILES string of the molecule is COc1ccc(CCNC(=O)c2ccc(Cn3c(SCC(N)=O)nc4cc5c(cc4c3=O)OCO5)cc2)cc1OC. The van der Waals surface area contributed by atoms with Crippen LogP contribution in [0.2, 0.25) is 0 Å². The van der Waals surface area contributed by atoms with Crippen molar-refractivity contribution in [2.24, 2.45) is 5.73 Å². The van der Waals surface area contributed by atoms with Gasteiger partial charge in [-0.3, -0.25) is 19.0 Å². The highest BCUT2D eigenvalue weighted by Gasteiger charge is 2.20. The molecule has 41 heavy (non-hydrogen) atoms. The number of amides is 2. The van der Waals surface area contributed by atoms with E-state index in [1.165, 1.54) is 4.57 Å². The molecule has 2 heterocycles. The van der Waals surface area contributed by atoms with E-state index in [1.54, 1.807) is 50.6 Å². The summed E-state index contributed by atoms with van der Waals surface area (Å²) in [5.74, 6) is 1.49. The molecule has 3 N–H and O–H groups in total. The van der Waals surface area contributed by atoms with Gasteiger partial charge in [0.1, 0.15) is 0 Å². The van der Waals surface area contributed by atoms with E-state index >= 15 is 0 Å². The highest BCUT2D eigenvalue weighted by atomic mass is 32.2. The van der Waals surface area contributed by atoms with Crippen molar-refractivity contribution < 1.29 is 28.5 Å². The molecule has 0 radical (unpaired) electrons. The van der Waals surface area contributed by atoms with E-state index in [0.29, 0.717) is 57.6 Å². The van der Waals surface area contributed by atoms with E-state index < -0.39 is 5.91 Å². The number of nitrogens with one attached hydrogen (secondary N) is 1. The molecule has 0 spiro atoms. The van der Waals surface area contributed by atoms with Crippen LogP contribution in [0.1, 0.15) is 21.5 Å². The summed E-state index contributed by atoms with van der Waals surface area (Å²) >= 11 is 1.08. The van der Waals surface area contributed by atoms with Gasteiger partial charge in [0.2, 0.25) is 12.7 Å². The zero-order chi connectivity index (χ0) is 28.9. The number of carbonyl (C=O) groups excluding carboxylic acids is 2. The van der Waals surface area contributed by atoms with Crippen LogP contribution in [-0.4, -0.2) is 54.7 Å². The predicted molar refractivity (Wildman–Crippen MR) is 153 cm³/mol. The Kier molecular flexibility index (Phi) is 8.29. The Labute approximate surface area is 239 Å². The molecule has 0 fully saturated rings. The van der Waals surface area contributed by atoms with Crippen molar-refractivity contribution in [1.29, 1.82) is 0 Å². The summed E-state index contributed by atoms with van der Waals surface area (Å²) in [7, 11) is 3.16. The quantitative estimate of drug-likeness (QED) is 0.203. The molecule has 0 bridgehead atoms. The van der Waals surface area contributed by atoms with Crippen molar-refractivity contribution in [3.8, 4) is 23.0 Å². The molecule has 12 heteroatoms. The first kappa shape index (κ1) is 27.8. The van der Waals surface area contributed by atoms with E-state index in [2.05, 4.69) is 10.3 Å². The van der Waals surface area contributed by atoms with E-state index in [1.807, 2.05) is 18.2 Å². The van der Waals surface area contributed by atoms with Crippen LogP contribution in [-0.2, 0) is 17.8 Å². The number of benzene rings is 3. The molecule has 212 valence electrons. The topological polar surface area (TPSA) is 144 Å². The molecule has 0 unspecified atom stereocenters. The van der Waals surface area contributed by atoms with Gasteiger partial charge < -0.3 is 30.0 Å². The fourth-order valence-corrected chi connectivity index (χ4v) is 5.12. The molecule has 3 aromatic carbocycles. The van der Waals surface area contributed by atoms with Crippen LogP contribution in [0.3, 0.4) is 0 Å². The van der Waals surface area contributed by atoms with Gasteiger partial charge in [-0.1, -0.05) is 30.0 Å². The minimum Gasteiger partial charge on any atom is -0.493 e. The fraction of sp³-hybridized carbons (Fsp3) is 0.241. The van der Waals surface area contributed by atoms with Crippen LogP contribution in [0.25, 0.3) is 10.9 Å². The van der Waals surface area contributed by atoms with Gasteiger partial charge in [0.15, 0.2) is 28.2 Å². The van der Waals surface area contributed by atoms with Crippen LogP contribution in [0, 0.1) is 0 Å². The minimum atomic E-state index is -0.525. The normalized spacial score (nSPS) is 11.9. The lowest BCUT2D eigenvalue weighted by Crippen LogP contribution is -2.26. The zero-order valence-electron chi connectivity index (χ0n) is 22.5. The third-order valence-electron chi connectivity index (χ3n) is 6.46. The number of aromatic nitrogens is 2. The van der Waals surface area contributed by atoms with E-state index in [4.69, 9.17) is 24.7 Å². The number of thioether (sulfide) groups is 1. The maximum absolute atomic E-state index is 13.5. The van der Waals surface area contributed by atoms with Gasteiger partial charge in [-0.05, 0) is 47.9 Å². The monoisotopic (exact) mass is 576 g/mol. The van der Waals surface area contributed by atoms with E-state index in [-0.39, 0.29) is 30.6 Å². The van der Waals surface area contributed by atoms with Crippen LogP contribution < -0.4 is 35.6 Å². The maximum atomic E-state index is 13.5. The fourth-order valence-electron chi connectivity index (χ4n) is 4.38. The van der Waals surface area contributed by atoms with Gasteiger partial charge in [-0.2, -0.15) is 0 Å². The molecule has 2 amide bonds. The first-order chi connectivity index (χ1) is 19.9. The number of hydrogen-bond donors (Lipinski definition) is 2. The second kappa shape index (κ2) is 12.2. The summed E-state index contributed by atoms with van der Waals surface area (Å²) in [5.41, 5.74) is 7.75. The summed E-state index contributed by atoms with van der Waals surface area (Å²) < 4.78 is 22.9. The Hall–Kier alpha value is -4.71. The first-order valence-corrected chi connectivity index (χ1v) is 13.7. The molecule has 1 aliphatic heterocycles. The van der Waals surface area contributed by atoms with Gasteiger partial charge >= 0.3 is 0 Å². The van der Waals surface area contributed by atoms with Crippen LogP contribution in [0.4, 0.5) is 0 Å². The summed E-state index contributed by atoms with van der Waals surface area (Å²) in [6, 6.07) is 15.9. The van der Waals surface area contributed by atoms with Gasteiger partial charge in [0, 0.05) is 18.2 Å². The molecule has 5 rings (SSSR count). The van der Waals surface area contributed by atoms with E-state index in [9.17, 15) is 14.4 Å². The molecular weight excluding hydrogens is 548 g/mol. The van der Waals surface area contributed by atoms with Gasteiger partial charge in [0.05, 0.1) is 37.4 Å². The molecule has 0 atom stereocenters. The highest BCUT2D eigenvalue weighted by Crippen LogP contribution is 2.35. The Morgan fingerprint density at radius 1 is 1.00 bits per heavy atom. The molecular formula is C29H28N4O7S. The van der Waals surface area contributed by atoms with Crippen LogP contribution in [0.15, 0.2) is 64.5 Å². The van der Waals surface area contributed by atoms with Gasteiger partial charge in [0.25, 0.3) is 11.5 Å². The minimum absolute atomic E-state index is 0.0368. The number of nitrogens with two attached hydrogens (primary N) is 1. The average molecular weight is 577 g/mol. The summed E-state index contributed by atoms with van der Waals surface area (Å²) in [5, 5.41) is 3.63. The first-order valence-electron chi connectivity index (χ1n) is 12.7. The number of methoxy groups -OCH3 is 2. The van der Waals surface area contributed by atoms with Crippen molar-refractivity contribution in [2.75, 3.05) is 33.3 Å². The number of hydrogen-bond acceptors (Lipinski definition) is 9. The van der Waals surface area contributed by atoms with Crippen LogP contribution in [0.5, 0.6) is 23.0 Å². The predicted octanol–water partition coefficient (Wildman–Crippen LogP) is 2.74. The second-order valence-corrected chi connectivity index (χ2v) is 10.1. The number of nitrogens with zero attached hydrogens (tertiary/aromatic N) is 2. The number of fused-ring (bicyclic) bond motifs is 2. The lowest BCUT2D eigenvalue weighted by atomic mass is 10.1. The Morgan fingerprint density at radius 3 is 2.41 bits per heavy atom. The lowest BCUT2D eigenvalue weighted by Gasteiger charge is -2.14. The third-order valence-corrected chi connectivity index (χ3v) is 7.46. The number of carbonyl (C=O) groups is 2. The average Bonchev–Trinajstić information content (AvgIpc) is 3.44.